The van der Waals surface area contributed by atoms with Gasteiger partial charge in [-0.3, -0.25) is 0 Å². The molecule has 3 heterocycles. The maximum absolute atomic E-state index is 6.67. The van der Waals surface area contributed by atoms with Gasteiger partial charge in [-0.1, -0.05) is 136 Å². The number of nitrogens with zero attached hydrogens (tertiary/aromatic N) is 2. The minimum absolute atomic E-state index is 0.149. The lowest BCUT2D eigenvalue weighted by Gasteiger charge is -2.43. The molecule has 0 saturated carbocycles. The number of furan rings is 1. The molecule has 3 aliphatic rings. The molecule has 0 bridgehead atoms. The zero-order valence-corrected chi connectivity index (χ0v) is 30.0. The molecule has 8 aromatic rings. The summed E-state index contributed by atoms with van der Waals surface area (Å²) < 4.78 is 9.17. The van der Waals surface area contributed by atoms with E-state index in [0.717, 1.165) is 22.5 Å². The third-order valence-electron chi connectivity index (χ3n) is 12.3. The summed E-state index contributed by atoms with van der Waals surface area (Å²) in [7, 11) is 0. The SMILES string of the molecule is CC1(C)c2cc(C3(C)C=CC(N(c4ccccc4)c4ccccc4)=C4C=CC=CC43)ccc2-n2c3ccccc3c3c4oc5ccccc5c4cc1c32. The summed E-state index contributed by atoms with van der Waals surface area (Å²) in [4.78, 5) is 2.40. The number of fused-ring (bicyclic) bond motifs is 10. The summed E-state index contributed by atoms with van der Waals surface area (Å²) in [5.74, 6) is 0.149. The number of allylic oxidation sites excluding steroid dienone is 7. The number of hydrogen-bond acceptors (Lipinski definition) is 2. The average molecular weight is 683 g/mol. The molecular weight excluding hydrogens is 645 g/mol. The van der Waals surface area contributed by atoms with Crippen LogP contribution in [0.4, 0.5) is 11.4 Å². The van der Waals surface area contributed by atoms with Gasteiger partial charge in [-0.25, -0.2) is 0 Å². The Morgan fingerprint density at radius 1 is 0.642 bits per heavy atom. The first-order valence-corrected chi connectivity index (χ1v) is 18.7. The van der Waals surface area contributed by atoms with Gasteiger partial charge in [0.2, 0.25) is 0 Å². The van der Waals surface area contributed by atoms with Gasteiger partial charge >= 0.3 is 0 Å². The van der Waals surface area contributed by atoms with Gasteiger partial charge < -0.3 is 13.9 Å². The summed E-state index contributed by atoms with van der Waals surface area (Å²) >= 11 is 0. The van der Waals surface area contributed by atoms with Crippen LogP contribution in [0, 0.1) is 5.92 Å². The van der Waals surface area contributed by atoms with Crippen molar-refractivity contribution in [1.82, 2.24) is 4.57 Å². The molecule has 11 rings (SSSR count). The molecule has 0 N–H and O–H groups in total. The summed E-state index contributed by atoms with van der Waals surface area (Å²) in [5, 5.41) is 4.78. The topological polar surface area (TPSA) is 21.3 Å². The van der Waals surface area contributed by atoms with E-state index in [-0.39, 0.29) is 16.7 Å². The maximum atomic E-state index is 6.67. The highest BCUT2D eigenvalue weighted by Crippen LogP contribution is 2.53. The fourth-order valence-electron chi connectivity index (χ4n) is 9.59. The summed E-state index contributed by atoms with van der Waals surface area (Å²) in [6.45, 7) is 7.23. The molecule has 254 valence electrons. The van der Waals surface area contributed by atoms with E-state index in [4.69, 9.17) is 4.42 Å². The Balaban J connectivity index is 1.11. The van der Waals surface area contributed by atoms with E-state index in [9.17, 15) is 0 Å². The third-order valence-corrected chi connectivity index (χ3v) is 12.3. The molecule has 3 nitrogen and oxygen atoms in total. The molecule has 0 saturated heterocycles. The first-order valence-electron chi connectivity index (χ1n) is 18.7. The summed E-state index contributed by atoms with van der Waals surface area (Å²) in [6, 6.07) is 48.4. The third kappa shape index (κ3) is 4.11. The van der Waals surface area contributed by atoms with E-state index in [1.54, 1.807) is 0 Å². The van der Waals surface area contributed by atoms with Crippen LogP contribution in [0.15, 0.2) is 186 Å². The Hall–Kier alpha value is -6.32. The Morgan fingerprint density at radius 3 is 2.11 bits per heavy atom. The molecule has 6 aromatic carbocycles. The lowest BCUT2D eigenvalue weighted by atomic mass is 9.63. The number of anilines is 2. The molecule has 0 fully saturated rings. The molecule has 3 heteroatoms. The van der Waals surface area contributed by atoms with Crippen LogP contribution in [0.25, 0.3) is 49.4 Å². The van der Waals surface area contributed by atoms with Gasteiger partial charge in [-0.15, -0.1) is 0 Å². The van der Waals surface area contributed by atoms with Crippen molar-refractivity contribution in [2.75, 3.05) is 4.90 Å². The predicted octanol–water partition coefficient (Wildman–Crippen LogP) is 13.0. The molecule has 2 unspecified atom stereocenters. The van der Waals surface area contributed by atoms with E-state index in [0.29, 0.717) is 0 Å². The first-order chi connectivity index (χ1) is 25.9. The van der Waals surface area contributed by atoms with E-state index in [2.05, 4.69) is 200 Å². The highest BCUT2D eigenvalue weighted by Gasteiger charge is 2.42. The van der Waals surface area contributed by atoms with Crippen LogP contribution < -0.4 is 4.90 Å². The van der Waals surface area contributed by atoms with Crippen molar-refractivity contribution in [3.8, 4) is 5.69 Å². The Labute approximate surface area is 309 Å². The van der Waals surface area contributed by atoms with Gasteiger partial charge in [0.15, 0.2) is 0 Å². The van der Waals surface area contributed by atoms with Crippen molar-refractivity contribution < 1.29 is 4.42 Å². The Morgan fingerprint density at radius 2 is 1.34 bits per heavy atom. The van der Waals surface area contributed by atoms with E-state index in [1.165, 1.54) is 66.2 Å². The highest BCUT2D eigenvalue weighted by atomic mass is 16.3. The smallest absolute Gasteiger partial charge is 0.145 e. The number of rotatable bonds is 4. The molecule has 0 amide bonds. The van der Waals surface area contributed by atoms with E-state index < -0.39 is 0 Å². The first kappa shape index (κ1) is 30.3. The average Bonchev–Trinajstić information content (AvgIpc) is 3.75. The van der Waals surface area contributed by atoms with Gasteiger partial charge in [0.05, 0.1) is 22.1 Å². The zero-order chi connectivity index (χ0) is 35.5. The quantitative estimate of drug-likeness (QED) is 0.184. The number of aromatic nitrogens is 1. The second-order valence-electron chi connectivity index (χ2n) is 15.5. The van der Waals surface area contributed by atoms with E-state index >= 15 is 0 Å². The molecule has 1 aliphatic heterocycles. The second kappa shape index (κ2) is 10.8. The van der Waals surface area contributed by atoms with Gasteiger partial charge in [0.1, 0.15) is 11.2 Å². The number of benzene rings is 6. The van der Waals surface area contributed by atoms with Gasteiger partial charge in [-0.05, 0) is 76.9 Å². The molecule has 53 heavy (non-hydrogen) atoms. The molecule has 2 aliphatic carbocycles. The van der Waals surface area contributed by atoms with Crippen LogP contribution >= 0.6 is 0 Å². The second-order valence-corrected chi connectivity index (χ2v) is 15.5. The monoisotopic (exact) mass is 682 g/mol. The Kier molecular flexibility index (Phi) is 6.21. The van der Waals surface area contributed by atoms with Crippen molar-refractivity contribution in [2.24, 2.45) is 5.92 Å². The van der Waals surface area contributed by atoms with Crippen LogP contribution in [-0.2, 0) is 10.8 Å². The maximum Gasteiger partial charge on any atom is 0.145 e. The molecular formula is C50H38N2O. The normalized spacial score (nSPS) is 19.7. The van der Waals surface area contributed by atoms with Crippen LogP contribution in [0.1, 0.15) is 37.5 Å². The molecule has 2 aromatic heterocycles. The largest absolute Gasteiger partial charge is 0.455 e. The fourth-order valence-corrected chi connectivity index (χ4v) is 9.59. The summed E-state index contributed by atoms with van der Waals surface area (Å²) in [6.07, 6.45) is 13.9. The zero-order valence-electron chi connectivity index (χ0n) is 30.0. The number of hydrogen-bond donors (Lipinski definition) is 0. The van der Waals surface area contributed by atoms with Crippen LogP contribution in [-0.4, -0.2) is 4.57 Å². The minimum atomic E-state index is -0.274. The van der Waals surface area contributed by atoms with Crippen LogP contribution in [0.2, 0.25) is 0 Å². The highest BCUT2D eigenvalue weighted by molar-refractivity contribution is 6.25. The van der Waals surface area contributed by atoms with Crippen molar-refractivity contribution >= 4 is 55.1 Å². The molecule has 0 radical (unpaired) electrons. The fraction of sp³-hybridized carbons (Fsp3) is 0.120. The Bertz CT molecular complexity index is 2890. The predicted molar refractivity (Wildman–Crippen MR) is 220 cm³/mol. The van der Waals surface area contributed by atoms with Crippen molar-refractivity contribution in [3.05, 3.63) is 198 Å². The van der Waals surface area contributed by atoms with Crippen LogP contribution in [0.3, 0.4) is 0 Å². The standard InChI is InChI=1S/C50H38N2O/c1-49(2)40-30-32(50(3)29-28-43(36-21-10-13-23-39(36)50)51(33-16-6-4-7-17-33)34-18-8-5-9-19-34)26-27-44(40)52-42-24-14-11-22-37(42)46-47(52)41(49)31-38-35-20-12-15-25-45(35)53-48(38)46/h4-31,39H,1-3H3. The lowest BCUT2D eigenvalue weighted by molar-refractivity contribution is 0.475. The van der Waals surface area contributed by atoms with Crippen LogP contribution in [0.5, 0.6) is 0 Å². The summed E-state index contributed by atoms with van der Waals surface area (Å²) in [5.41, 5.74) is 13.9. The van der Waals surface area contributed by atoms with Crippen molar-refractivity contribution in [1.29, 1.82) is 0 Å². The minimum Gasteiger partial charge on any atom is -0.455 e. The number of para-hydroxylation sites is 4. The molecule has 2 atom stereocenters. The van der Waals surface area contributed by atoms with Crippen molar-refractivity contribution in [2.45, 2.75) is 31.6 Å². The van der Waals surface area contributed by atoms with Gasteiger partial charge in [0, 0.05) is 50.0 Å². The molecule has 0 spiro atoms. The van der Waals surface area contributed by atoms with Crippen molar-refractivity contribution in [3.63, 3.8) is 0 Å². The lowest BCUT2D eigenvalue weighted by Crippen LogP contribution is -2.36. The van der Waals surface area contributed by atoms with E-state index in [1.807, 2.05) is 0 Å². The van der Waals surface area contributed by atoms with Gasteiger partial charge in [-0.2, -0.15) is 0 Å². The van der Waals surface area contributed by atoms with Gasteiger partial charge in [0.25, 0.3) is 0 Å².